The third-order valence-electron chi connectivity index (χ3n) is 2.90. The van der Waals surface area contributed by atoms with Crippen LogP contribution in [-0.2, 0) is 4.79 Å². The predicted molar refractivity (Wildman–Crippen MR) is 71.7 cm³/mol. The van der Waals surface area contributed by atoms with E-state index in [1.807, 2.05) is 0 Å². The number of benzene rings is 1. The molecule has 1 rings (SSSR count). The van der Waals surface area contributed by atoms with Crippen LogP contribution >= 0.6 is 0 Å². The lowest BCUT2D eigenvalue weighted by Crippen LogP contribution is -2.48. The van der Waals surface area contributed by atoms with Crippen LogP contribution in [0, 0.1) is 0 Å². The summed E-state index contributed by atoms with van der Waals surface area (Å²) in [5, 5.41) is 14.5. The maximum absolute atomic E-state index is 12.0. The third-order valence-corrected chi connectivity index (χ3v) is 2.90. The van der Waals surface area contributed by atoms with Crippen LogP contribution < -0.4 is 15.4 Å². The Labute approximate surface area is 111 Å². The lowest BCUT2D eigenvalue weighted by atomic mass is 10.0. The Morgan fingerprint density at radius 2 is 1.95 bits per heavy atom. The van der Waals surface area contributed by atoms with Crippen LogP contribution in [0.15, 0.2) is 18.2 Å². The normalized spacial score (nSPS) is 10.9. The van der Waals surface area contributed by atoms with Gasteiger partial charge in [0.25, 0.3) is 0 Å². The highest BCUT2D eigenvalue weighted by Crippen LogP contribution is 2.23. The number of methoxy groups -OCH3 is 1. The van der Waals surface area contributed by atoms with Crippen LogP contribution in [0.5, 0.6) is 5.75 Å². The molecule has 1 aromatic carbocycles. The van der Waals surface area contributed by atoms with Crippen molar-refractivity contribution in [3.8, 4) is 5.75 Å². The Morgan fingerprint density at radius 1 is 1.32 bits per heavy atom. The number of anilines is 1. The molecule has 3 N–H and O–H groups in total. The fraction of sp³-hybridized carbons (Fsp3) is 0.385. The lowest BCUT2D eigenvalue weighted by molar-refractivity contribution is -0.121. The summed E-state index contributed by atoms with van der Waals surface area (Å²) < 4.78 is 5.02. The van der Waals surface area contributed by atoms with Gasteiger partial charge in [-0.2, -0.15) is 0 Å². The molecule has 104 valence electrons. The number of rotatable bonds is 5. The number of likely N-dealkylation sites (N-methyl/N-ethyl adjacent to an activating group) is 1. The minimum atomic E-state index is -1.11. The van der Waals surface area contributed by atoms with Crippen LogP contribution in [-0.4, -0.2) is 36.7 Å². The second-order valence-electron chi connectivity index (χ2n) is 4.55. The Bertz CT molecular complexity index is 497. The van der Waals surface area contributed by atoms with Gasteiger partial charge in [-0.3, -0.25) is 4.79 Å². The van der Waals surface area contributed by atoms with E-state index >= 15 is 0 Å². The smallest absolute Gasteiger partial charge is 0.337 e. The summed E-state index contributed by atoms with van der Waals surface area (Å²) in [7, 11) is 3.13. The minimum absolute atomic E-state index is 0.0149. The Hall–Kier alpha value is -2.08. The van der Waals surface area contributed by atoms with Gasteiger partial charge < -0.3 is 20.5 Å². The first-order chi connectivity index (χ1) is 8.81. The van der Waals surface area contributed by atoms with Gasteiger partial charge in [0.15, 0.2) is 0 Å². The standard InChI is InChI=1S/C13H18N2O4/c1-13(2,14-3)12(18)15-10-7-8(19-4)5-6-9(10)11(16)17/h5-7,14H,1-4H3,(H,15,18)(H,16,17). The number of carboxylic acid groups (broad SMARTS) is 1. The van der Waals surface area contributed by atoms with Gasteiger partial charge >= 0.3 is 5.97 Å². The molecule has 0 saturated carbocycles. The van der Waals surface area contributed by atoms with E-state index in [2.05, 4.69) is 10.6 Å². The maximum Gasteiger partial charge on any atom is 0.337 e. The molecule has 0 aromatic heterocycles. The largest absolute Gasteiger partial charge is 0.497 e. The van der Waals surface area contributed by atoms with Gasteiger partial charge in [-0.1, -0.05) is 0 Å². The average molecular weight is 266 g/mol. The van der Waals surface area contributed by atoms with Crippen molar-refractivity contribution >= 4 is 17.6 Å². The number of hydrogen-bond acceptors (Lipinski definition) is 4. The maximum atomic E-state index is 12.0. The monoisotopic (exact) mass is 266 g/mol. The fourth-order valence-electron chi connectivity index (χ4n) is 1.33. The molecule has 0 fully saturated rings. The molecular formula is C13H18N2O4. The van der Waals surface area contributed by atoms with E-state index in [0.717, 1.165) is 0 Å². The van der Waals surface area contributed by atoms with Crippen molar-refractivity contribution in [2.75, 3.05) is 19.5 Å². The summed E-state index contributed by atoms with van der Waals surface area (Å²) in [5.74, 6) is -0.964. The van der Waals surface area contributed by atoms with Gasteiger partial charge in [0.2, 0.25) is 5.91 Å². The molecule has 6 nitrogen and oxygen atoms in total. The molecule has 0 heterocycles. The molecular weight excluding hydrogens is 248 g/mol. The van der Waals surface area contributed by atoms with Crippen molar-refractivity contribution in [2.24, 2.45) is 0 Å². The molecule has 0 aliphatic rings. The van der Waals surface area contributed by atoms with Gasteiger partial charge in [0.1, 0.15) is 5.75 Å². The van der Waals surface area contributed by atoms with Crippen molar-refractivity contribution < 1.29 is 19.4 Å². The van der Waals surface area contributed by atoms with Crippen LogP contribution in [0.25, 0.3) is 0 Å². The highest BCUT2D eigenvalue weighted by atomic mass is 16.5. The average Bonchev–Trinajstić information content (AvgIpc) is 2.38. The van der Waals surface area contributed by atoms with E-state index in [0.29, 0.717) is 5.75 Å². The molecule has 0 spiro atoms. The Morgan fingerprint density at radius 3 is 2.42 bits per heavy atom. The van der Waals surface area contributed by atoms with E-state index in [4.69, 9.17) is 9.84 Å². The molecule has 0 atom stereocenters. The van der Waals surface area contributed by atoms with Gasteiger partial charge in [-0.15, -0.1) is 0 Å². The van der Waals surface area contributed by atoms with E-state index in [9.17, 15) is 9.59 Å². The molecule has 19 heavy (non-hydrogen) atoms. The highest BCUT2D eigenvalue weighted by Gasteiger charge is 2.26. The zero-order chi connectivity index (χ0) is 14.6. The Balaban J connectivity index is 3.11. The first-order valence-electron chi connectivity index (χ1n) is 5.73. The van der Waals surface area contributed by atoms with Crippen LogP contribution in [0.2, 0.25) is 0 Å². The first-order valence-corrected chi connectivity index (χ1v) is 5.73. The topological polar surface area (TPSA) is 87.7 Å². The van der Waals surface area contributed by atoms with Crippen LogP contribution in [0.1, 0.15) is 24.2 Å². The molecule has 6 heteroatoms. The number of aromatic carboxylic acids is 1. The second-order valence-corrected chi connectivity index (χ2v) is 4.55. The van der Waals surface area contributed by atoms with Crippen molar-refractivity contribution in [3.63, 3.8) is 0 Å². The quantitative estimate of drug-likeness (QED) is 0.748. The molecule has 1 aromatic rings. The number of ether oxygens (including phenoxy) is 1. The van der Waals surface area contributed by atoms with E-state index < -0.39 is 11.5 Å². The van der Waals surface area contributed by atoms with Gasteiger partial charge in [0.05, 0.1) is 23.9 Å². The molecule has 0 unspecified atom stereocenters. The molecule has 0 radical (unpaired) electrons. The van der Waals surface area contributed by atoms with E-state index in [1.165, 1.54) is 25.3 Å². The molecule has 0 aliphatic carbocycles. The summed E-state index contributed by atoms with van der Waals surface area (Å²) >= 11 is 0. The van der Waals surface area contributed by atoms with E-state index in [1.54, 1.807) is 20.9 Å². The summed E-state index contributed by atoms with van der Waals surface area (Å²) in [6.45, 7) is 3.39. The number of carbonyl (C=O) groups excluding carboxylic acids is 1. The van der Waals surface area contributed by atoms with Crippen molar-refractivity contribution in [1.29, 1.82) is 0 Å². The minimum Gasteiger partial charge on any atom is -0.497 e. The summed E-state index contributed by atoms with van der Waals surface area (Å²) in [4.78, 5) is 23.1. The molecule has 1 amide bonds. The first kappa shape index (κ1) is 15.0. The fourth-order valence-corrected chi connectivity index (χ4v) is 1.33. The van der Waals surface area contributed by atoms with Crippen LogP contribution in [0.4, 0.5) is 5.69 Å². The third kappa shape index (κ3) is 3.45. The Kier molecular flexibility index (Phi) is 4.50. The highest BCUT2D eigenvalue weighted by molar-refractivity contribution is 6.03. The predicted octanol–water partition coefficient (Wildman–Crippen LogP) is 1.33. The summed E-state index contributed by atoms with van der Waals surface area (Å²) in [5.41, 5.74) is -0.583. The number of amides is 1. The molecule has 0 saturated heterocycles. The zero-order valence-electron chi connectivity index (χ0n) is 11.4. The SMILES string of the molecule is CNC(C)(C)C(=O)Nc1cc(OC)ccc1C(=O)O. The van der Waals surface area contributed by atoms with E-state index in [-0.39, 0.29) is 17.2 Å². The van der Waals surface area contributed by atoms with Crippen molar-refractivity contribution in [3.05, 3.63) is 23.8 Å². The number of carboxylic acids is 1. The summed E-state index contributed by atoms with van der Waals surface area (Å²) in [6.07, 6.45) is 0. The number of carbonyl (C=O) groups is 2. The number of hydrogen-bond donors (Lipinski definition) is 3. The number of nitrogens with one attached hydrogen (secondary N) is 2. The van der Waals surface area contributed by atoms with Gasteiger partial charge in [-0.25, -0.2) is 4.79 Å². The molecule has 0 aliphatic heterocycles. The van der Waals surface area contributed by atoms with Gasteiger partial charge in [0, 0.05) is 6.07 Å². The second kappa shape index (κ2) is 5.71. The van der Waals surface area contributed by atoms with Crippen molar-refractivity contribution in [1.82, 2.24) is 5.32 Å². The lowest BCUT2D eigenvalue weighted by Gasteiger charge is -2.23. The van der Waals surface area contributed by atoms with Gasteiger partial charge in [-0.05, 0) is 33.0 Å². The summed E-state index contributed by atoms with van der Waals surface area (Å²) in [6, 6.07) is 4.40. The molecule has 0 bridgehead atoms. The van der Waals surface area contributed by atoms with Crippen molar-refractivity contribution in [2.45, 2.75) is 19.4 Å². The van der Waals surface area contributed by atoms with Crippen LogP contribution in [0.3, 0.4) is 0 Å². The zero-order valence-corrected chi connectivity index (χ0v) is 11.4.